The van der Waals surface area contributed by atoms with Gasteiger partial charge in [-0.3, -0.25) is 9.59 Å². The molecular weight excluding hydrogens is 689 g/mol. The fourth-order valence-electron chi connectivity index (χ4n) is 7.49. The molecule has 2 amide bonds. The first-order valence-electron chi connectivity index (χ1n) is 24.5. The van der Waals surface area contributed by atoms with Crippen LogP contribution in [0.25, 0.3) is 0 Å². The van der Waals surface area contributed by atoms with Crippen molar-refractivity contribution in [2.75, 3.05) is 67.5 Å². The zero-order valence-corrected chi connectivity index (χ0v) is 38.8. The van der Waals surface area contributed by atoms with Gasteiger partial charge in [0.15, 0.2) is 0 Å². The van der Waals surface area contributed by atoms with Gasteiger partial charge in [-0.25, -0.2) is 0 Å². The molecule has 0 aliphatic rings. The second-order valence-corrected chi connectivity index (χ2v) is 17.5. The minimum Gasteiger partial charge on any atom is -0.343 e. The Bertz CT molecular complexity index is 829. The highest BCUT2D eigenvalue weighted by Gasteiger charge is 2.16. The summed E-state index contributed by atoms with van der Waals surface area (Å²) in [5, 5.41) is 0. The lowest BCUT2D eigenvalue weighted by Gasteiger charge is -2.26. The third-order valence-electron chi connectivity index (χ3n) is 11.2. The monoisotopic (exact) mass is 787 g/mol. The van der Waals surface area contributed by atoms with Crippen LogP contribution >= 0.6 is 0 Å². The van der Waals surface area contributed by atoms with Crippen molar-refractivity contribution < 1.29 is 9.59 Å². The van der Waals surface area contributed by atoms with Gasteiger partial charge in [-0.2, -0.15) is 0 Å². The Morgan fingerprint density at radius 2 is 0.589 bits per heavy atom. The van der Waals surface area contributed by atoms with Gasteiger partial charge in [-0.05, 0) is 131 Å². The van der Waals surface area contributed by atoms with Crippen molar-refractivity contribution in [1.82, 2.24) is 19.6 Å². The van der Waals surface area contributed by atoms with Gasteiger partial charge in [0.05, 0.1) is 0 Å². The highest BCUT2D eigenvalue weighted by Crippen LogP contribution is 2.14. The molecule has 56 heavy (non-hydrogen) atoms. The quantitative estimate of drug-likeness (QED) is 0.0456. The van der Waals surface area contributed by atoms with Crippen LogP contribution in [0.1, 0.15) is 219 Å². The second kappa shape index (κ2) is 42.9. The van der Waals surface area contributed by atoms with Crippen LogP contribution in [-0.4, -0.2) is 98.9 Å². The van der Waals surface area contributed by atoms with Crippen LogP contribution in [0.4, 0.5) is 0 Å². The fraction of sp³-hybridized carbons (Fsp3) is 0.880. The van der Waals surface area contributed by atoms with E-state index in [1.165, 1.54) is 141 Å². The molecule has 6 nitrogen and oxygen atoms in total. The normalized spacial score (nSPS) is 11.9. The summed E-state index contributed by atoms with van der Waals surface area (Å²) in [5.74, 6) is 0.647. The van der Waals surface area contributed by atoms with E-state index < -0.39 is 0 Å². The summed E-state index contributed by atoms with van der Waals surface area (Å²) in [6.07, 6.45) is 48.0. The predicted octanol–water partition coefficient (Wildman–Crippen LogP) is 13.4. The smallest absolute Gasteiger partial charge is 0.222 e. The molecule has 0 N–H and O–H groups in total. The van der Waals surface area contributed by atoms with Crippen LogP contribution in [-0.2, 0) is 9.59 Å². The maximum Gasteiger partial charge on any atom is 0.222 e. The summed E-state index contributed by atoms with van der Waals surface area (Å²) in [5.41, 5.74) is 0. The van der Waals surface area contributed by atoms with Crippen molar-refractivity contribution in [3.8, 4) is 0 Å². The molecule has 0 aromatic rings. The molecule has 0 fully saturated rings. The Morgan fingerprint density at radius 1 is 0.321 bits per heavy atom. The van der Waals surface area contributed by atoms with E-state index in [9.17, 15) is 9.59 Å². The van der Waals surface area contributed by atoms with Crippen molar-refractivity contribution in [3.05, 3.63) is 24.3 Å². The van der Waals surface area contributed by atoms with Gasteiger partial charge in [0.25, 0.3) is 0 Å². The minimum absolute atomic E-state index is 0.324. The van der Waals surface area contributed by atoms with E-state index in [0.29, 0.717) is 24.7 Å². The van der Waals surface area contributed by atoms with E-state index in [2.05, 4.69) is 85.9 Å². The van der Waals surface area contributed by atoms with E-state index in [-0.39, 0.29) is 0 Å². The predicted molar refractivity (Wildman–Crippen MR) is 248 cm³/mol. The minimum atomic E-state index is 0.324. The number of rotatable bonds is 43. The highest BCUT2D eigenvalue weighted by molar-refractivity contribution is 5.76. The summed E-state index contributed by atoms with van der Waals surface area (Å²) >= 11 is 0. The van der Waals surface area contributed by atoms with E-state index in [1.54, 1.807) is 0 Å². The Labute approximate surface area is 351 Å². The number of amides is 2. The molecule has 6 heteroatoms. The van der Waals surface area contributed by atoms with E-state index in [1.807, 2.05) is 0 Å². The summed E-state index contributed by atoms with van der Waals surface area (Å²) in [6, 6.07) is 0. The Balaban J connectivity index is 4.44. The molecule has 0 rings (SSSR count). The van der Waals surface area contributed by atoms with Gasteiger partial charge in [0, 0.05) is 39.0 Å². The number of allylic oxidation sites excluding steroid dienone is 4. The maximum atomic E-state index is 13.3. The lowest BCUT2D eigenvalue weighted by atomic mass is 10.1. The summed E-state index contributed by atoms with van der Waals surface area (Å²) in [6.45, 7) is 9.86. The Kier molecular flexibility index (Phi) is 41.7. The summed E-state index contributed by atoms with van der Waals surface area (Å²) in [4.78, 5) is 35.4. The molecule has 0 spiro atoms. The fourth-order valence-corrected chi connectivity index (χ4v) is 7.49. The number of hydrogen-bond acceptors (Lipinski definition) is 4. The van der Waals surface area contributed by atoms with Gasteiger partial charge in [-0.1, -0.05) is 141 Å². The average Bonchev–Trinajstić information content (AvgIpc) is 3.17. The molecule has 0 saturated heterocycles. The lowest BCUT2D eigenvalue weighted by molar-refractivity contribution is -0.133. The van der Waals surface area contributed by atoms with Crippen molar-refractivity contribution in [3.63, 3.8) is 0 Å². The van der Waals surface area contributed by atoms with Crippen molar-refractivity contribution in [1.29, 1.82) is 0 Å². The molecular formula is C50H98N4O2. The van der Waals surface area contributed by atoms with Crippen LogP contribution in [0.2, 0.25) is 0 Å². The highest BCUT2D eigenvalue weighted by atomic mass is 16.2. The zero-order chi connectivity index (χ0) is 41.2. The number of unbranched alkanes of at least 4 members (excludes halogenated alkanes) is 23. The topological polar surface area (TPSA) is 47.1 Å². The van der Waals surface area contributed by atoms with Crippen molar-refractivity contribution in [2.45, 2.75) is 219 Å². The van der Waals surface area contributed by atoms with Crippen LogP contribution in [0.5, 0.6) is 0 Å². The molecule has 0 aliphatic carbocycles. The number of nitrogens with zero attached hydrogens (tertiary/aromatic N) is 4. The molecule has 0 saturated carbocycles. The first kappa shape index (κ1) is 54.3. The Morgan fingerprint density at radius 3 is 0.893 bits per heavy atom. The summed E-state index contributed by atoms with van der Waals surface area (Å²) < 4.78 is 0. The first-order valence-corrected chi connectivity index (χ1v) is 24.5. The van der Waals surface area contributed by atoms with Gasteiger partial charge < -0.3 is 19.6 Å². The van der Waals surface area contributed by atoms with Gasteiger partial charge in [0.2, 0.25) is 11.8 Å². The third-order valence-corrected chi connectivity index (χ3v) is 11.2. The van der Waals surface area contributed by atoms with Gasteiger partial charge >= 0.3 is 0 Å². The van der Waals surface area contributed by atoms with Crippen molar-refractivity contribution >= 4 is 11.8 Å². The standard InChI is InChI=1S/C50H98N4O2/c1-7-9-11-13-15-17-19-21-23-25-27-29-31-33-35-41-49(55)53(47-39-43-51(3)4)45-37-38-46-54(48-40-44-52(5)6)50(56)42-36-34-32-30-28-26-24-22-20-18-16-14-12-10-8-2/h21-24H,7-20,25-48H2,1-6H3/b23-21-,24-22-. The van der Waals surface area contributed by atoms with Gasteiger partial charge in [-0.15, -0.1) is 0 Å². The van der Waals surface area contributed by atoms with Crippen LogP contribution in [0.3, 0.4) is 0 Å². The molecule has 0 unspecified atom stereocenters. The first-order chi connectivity index (χ1) is 27.3. The molecule has 0 aromatic heterocycles. The molecule has 0 heterocycles. The largest absolute Gasteiger partial charge is 0.343 e. The van der Waals surface area contributed by atoms with Crippen molar-refractivity contribution in [2.24, 2.45) is 0 Å². The lowest BCUT2D eigenvalue weighted by Crippen LogP contribution is -2.36. The Hall–Kier alpha value is -1.66. The SMILES string of the molecule is CCCCCCCC/C=C\CCCCCCCC(=O)N(CCCCN(CCCN(C)C)C(=O)CCCCCCC/C=C\CCCCCCCC)CCCN(C)C. The molecule has 0 radical (unpaired) electrons. The summed E-state index contributed by atoms with van der Waals surface area (Å²) in [7, 11) is 8.43. The number of hydrogen-bond donors (Lipinski definition) is 0. The van der Waals surface area contributed by atoms with Crippen LogP contribution in [0, 0.1) is 0 Å². The molecule has 0 atom stereocenters. The van der Waals surface area contributed by atoms with Crippen LogP contribution in [0.15, 0.2) is 24.3 Å². The molecule has 0 bridgehead atoms. The number of carbonyl (C=O) groups excluding carboxylic acids is 2. The van der Waals surface area contributed by atoms with E-state index in [0.717, 1.165) is 90.6 Å². The van der Waals surface area contributed by atoms with Crippen LogP contribution < -0.4 is 0 Å². The van der Waals surface area contributed by atoms with E-state index >= 15 is 0 Å². The third kappa shape index (κ3) is 39.2. The molecule has 0 aliphatic heterocycles. The number of carbonyl (C=O) groups is 2. The molecule has 0 aromatic carbocycles. The maximum absolute atomic E-state index is 13.3. The second-order valence-electron chi connectivity index (χ2n) is 17.5. The average molecular weight is 787 g/mol. The zero-order valence-electron chi connectivity index (χ0n) is 38.8. The van der Waals surface area contributed by atoms with E-state index in [4.69, 9.17) is 0 Å². The molecule has 330 valence electrons. The van der Waals surface area contributed by atoms with Gasteiger partial charge in [0.1, 0.15) is 0 Å².